The van der Waals surface area contributed by atoms with Crippen LogP contribution >= 0.6 is 23.2 Å². The van der Waals surface area contributed by atoms with E-state index in [0.29, 0.717) is 22.3 Å². The van der Waals surface area contributed by atoms with Crippen LogP contribution in [0.15, 0.2) is 42.9 Å². The van der Waals surface area contributed by atoms with E-state index in [0.717, 1.165) is 5.56 Å². The molecule has 0 aliphatic rings. The highest BCUT2D eigenvalue weighted by atomic mass is 35.5. The molecule has 3 rings (SSSR count). The maximum absolute atomic E-state index is 12.1. The van der Waals surface area contributed by atoms with E-state index in [1.165, 1.54) is 23.1 Å². The van der Waals surface area contributed by atoms with Crippen LogP contribution in [0, 0.1) is 0 Å². The molecule has 1 amide bonds. The highest BCUT2D eigenvalue weighted by Crippen LogP contribution is 2.22. The van der Waals surface area contributed by atoms with Gasteiger partial charge in [0.2, 0.25) is 5.91 Å². The average Bonchev–Trinajstić information content (AvgIpc) is 3.25. The fourth-order valence-electron chi connectivity index (χ4n) is 2.46. The van der Waals surface area contributed by atoms with Crippen LogP contribution in [0.5, 0.6) is 0 Å². The summed E-state index contributed by atoms with van der Waals surface area (Å²) >= 11 is 12.0. The van der Waals surface area contributed by atoms with Crippen molar-refractivity contribution < 1.29 is 14.7 Å². The Morgan fingerprint density at radius 3 is 2.74 bits per heavy atom. The molecule has 10 heteroatoms. The van der Waals surface area contributed by atoms with Crippen molar-refractivity contribution in [2.24, 2.45) is 0 Å². The Bertz CT molecular complexity index is 983. The van der Waals surface area contributed by atoms with Gasteiger partial charge in [-0.3, -0.25) is 14.2 Å². The van der Waals surface area contributed by atoms with Gasteiger partial charge in [0.1, 0.15) is 5.69 Å². The Kier molecular flexibility index (Phi) is 5.78. The second-order valence-electron chi connectivity index (χ2n) is 5.71. The molecule has 3 aromatic rings. The highest BCUT2D eigenvalue weighted by Gasteiger charge is 2.12. The number of carbonyl (C=O) groups excluding carboxylic acids is 1. The van der Waals surface area contributed by atoms with E-state index in [2.05, 4.69) is 15.5 Å². The molecule has 2 N–H and O–H groups in total. The van der Waals surface area contributed by atoms with Crippen LogP contribution in [0.4, 0.5) is 5.69 Å². The molecule has 1 aromatic carbocycles. The summed E-state index contributed by atoms with van der Waals surface area (Å²) < 4.78 is 2.91. The lowest BCUT2D eigenvalue weighted by Crippen LogP contribution is -2.17. The Morgan fingerprint density at radius 1 is 1.19 bits per heavy atom. The van der Waals surface area contributed by atoms with Gasteiger partial charge in [0.25, 0.3) is 0 Å². The number of aromatic carboxylic acids is 1. The van der Waals surface area contributed by atoms with Crippen molar-refractivity contribution in [2.45, 2.75) is 19.5 Å². The zero-order chi connectivity index (χ0) is 19.4. The van der Waals surface area contributed by atoms with Gasteiger partial charge in [-0.15, -0.1) is 0 Å². The maximum Gasteiger partial charge on any atom is 0.354 e. The lowest BCUT2D eigenvalue weighted by molar-refractivity contribution is -0.116. The largest absolute Gasteiger partial charge is 0.477 e. The van der Waals surface area contributed by atoms with Crippen molar-refractivity contribution in [3.8, 4) is 0 Å². The number of carboxylic acid groups (broad SMARTS) is 1. The van der Waals surface area contributed by atoms with Crippen molar-refractivity contribution in [1.29, 1.82) is 0 Å². The normalized spacial score (nSPS) is 10.7. The third-order valence-electron chi connectivity index (χ3n) is 3.75. The molecule has 0 fully saturated rings. The summed E-state index contributed by atoms with van der Waals surface area (Å²) in [5, 5.41) is 20.9. The van der Waals surface area contributed by atoms with Crippen LogP contribution in [-0.4, -0.2) is 36.5 Å². The number of aryl methyl sites for hydroxylation is 1. The van der Waals surface area contributed by atoms with Gasteiger partial charge in [-0.25, -0.2) is 4.79 Å². The number of nitrogens with one attached hydrogen (secondary N) is 1. The fourth-order valence-corrected chi connectivity index (χ4v) is 2.93. The molecule has 0 bridgehead atoms. The van der Waals surface area contributed by atoms with Gasteiger partial charge in [-0.05, 0) is 23.8 Å². The molecule has 27 heavy (non-hydrogen) atoms. The number of hydrogen-bond donors (Lipinski definition) is 2. The number of benzene rings is 1. The predicted molar refractivity (Wildman–Crippen MR) is 100 cm³/mol. The Balaban J connectivity index is 1.56. The second-order valence-corrected chi connectivity index (χ2v) is 6.55. The minimum absolute atomic E-state index is 0.0375. The highest BCUT2D eigenvalue weighted by molar-refractivity contribution is 6.35. The van der Waals surface area contributed by atoms with Gasteiger partial charge >= 0.3 is 5.97 Å². The van der Waals surface area contributed by atoms with E-state index in [4.69, 9.17) is 28.3 Å². The van der Waals surface area contributed by atoms with E-state index in [-0.39, 0.29) is 24.6 Å². The van der Waals surface area contributed by atoms with Crippen LogP contribution in [-0.2, 0) is 17.9 Å². The van der Waals surface area contributed by atoms with Gasteiger partial charge in [-0.2, -0.15) is 10.2 Å². The third kappa shape index (κ3) is 4.87. The smallest absolute Gasteiger partial charge is 0.354 e. The molecule has 0 aliphatic heterocycles. The quantitative estimate of drug-likeness (QED) is 0.625. The number of nitrogens with zero attached hydrogens (tertiary/aromatic N) is 4. The van der Waals surface area contributed by atoms with Crippen LogP contribution in [0.3, 0.4) is 0 Å². The third-order valence-corrected chi connectivity index (χ3v) is 4.34. The van der Waals surface area contributed by atoms with Gasteiger partial charge in [0.05, 0.1) is 25.0 Å². The van der Waals surface area contributed by atoms with Crippen molar-refractivity contribution in [3.63, 3.8) is 0 Å². The lowest BCUT2D eigenvalue weighted by Gasteiger charge is -2.06. The zero-order valence-electron chi connectivity index (χ0n) is 14.0. The average molecular weight is 408 g/mol. The zero-order valence-corrected chi connectivity index (χ0v) is 15.5. The van der Waals surface area contributed by atoms with Gasteiger partial charge in [0, 0.05) is 28.9 Å². The van der Waals surface area contributed by atoms with E-state index >= 15 is 0 Å². The van der Waals surface area contributed by atoms with Gasteiger partial charge in [0.15, 0.2) is 0 Å². The first-order valence-electron chi connectivity index (χ1n) is 7.93. The van der Waals surface area contributed by atoms with Gasteiger partial charge in [-0.1, -0.05) is 29.3 Å². The van der Waals surface area contributed by atoms with Crippen LogP contribution in [0.1, 0.15) is 22.5 Å². The number of hydrogen-bond acceptors (Lipinski definition) is 4. The Labute approximate surface area is 164 Å². The maximum atomic E-state index is 12.1. The summed E-state index contributed by atoms with van der Waals surface area (Å²) in [5.41, 5.74) is 1.42. The number of rotatable bonds is 7. The minimum atomic E-state index is -1.09. The van der Waals surface area contributed by atoms with Crippen molar-refractivity contribution >= 4 is 40.8 Å². The summed E-state index contributed by atoms with van der Waals surface area (Å²) in [6, 6.07) is 6.60. The molecule has 0 unspecified atom stereocenters. The lowest BCUT2D eigenvalue weighted by atomic mass is 10.2. The van der Waals surface area contributed by atoms with E-state index < -0.39 is 5.97 Å². The number of carbonyl (C=O) groups is 2. The van der Waals surface area contributed by atoms with Gasteiger partial charge < -0.3 is 10.4 Å². The van der Waals surface area contributed by atoms with E-state index in [9.17, 15) is 9.59 Å². The molecule has 0 saturated heterocycles. The van der Waals surface area contributed by atoms with Crippen molar-refractivity contribution in [1.82, 2.24) is 19.6 Å². The molecule has 0 radical (unpaired) electrons. The van der Waals surface area contributed by atoms with Crippen LogP contribution in [0.2, 0.25) is 10.0 Å². The van der Waals surface area contributed by atoms with Crippen molar-refractivity contribution in [2.75, 3.05) is 5.32 Å². The molecule has 0 saturated carbocycles. The molecular formula is C17H15Cl2N5O3. The molecular weight excluding hydrogens is 393 g/mol. The number of anilines is 1. The minimum Gasteiger partial charge on any atom is -0.477 e. The Hall–Kier alpha value is -2.84. The molecule has 8 nitrogen and oxygen atoms in total. The number of halogens is 2. The monoisotopic (exact) mass is 407 g/mol. The summed E-state index contributed by atoms with van der Waals surface area (Å²) in [4.78, 5) is 23.1. The number of carboxylic acids is 1. The van der Waals surface area contributed by atoms with Crippen molar-refractivity contribution in [3.05, 3.63) is 64.2 Å². The summed E-state index contributed by atoms with van der Waals surface area (Å²) in [5.74, 6) is -1.36. The summed E-state index contributed by atoms with van der Waals surface area (Å²) in [6.45, 7) is 0.593. The van der Waals surface area contributed by atoms with Crippen LogP contribution in [0.25, 0.3) is 0 Å². The van der Waals surface area contributed by atoms with Crippen LogP contribution < -0.4 is 5.32 Å². The first-order valence-corrected chi connectivity index (χ1v) is 8.69. The molecule has 2 aromatic heterocycles. The summed E-state index contributed by atoms with van der Waals surface area (Å²) in [7, 11) is 0. The molecule has 2 heterocycles. The number of amides is 1. The first kappa shape index (κ1) is 18.9. The van der Waals surface area contributed by atoms with E-state index in [1.807, 2.05) is 6.07 Å². The predicted octanol–water partition coefficient (Wildman–Crippen LogP) is 3.16. The topological polar surface area (TPSA) is 102 Å². The fraction of sp³-hybridized carbons (Fsp3) is 0.176. The second kappa shape index (κ2) is 8.24. The van der Waals surface area contributed by atoms with E-state index in [1.54, 1.807) is 23.0 Å². The molecule has 0 aliphatic carbocycles. The molecule has 140 valence electrons. The SMILES string of the molecule is O=C(CCn1nccc1C(=O)O)Nc1cnn(Cc2ccc(Cl)cc2Cl)c1. The molecule has 0 atom stereocenters. The number of aromatic nitrogens is 4. The summed E-state index contributed by atoms with van der Waals surface area (Å²) in [6.07, 6.45) is 4.67. The molecule has 0 spiro atoms. The Morgan fingerprint density at radius 2 is 2.00 bits per heavy atom. The standard InChI is InChI=1S/C17H15Cl2N5O3/c18-12-2-1-11(14(19)7-12)9-23-10-13(8-21-23)22-16(25)4-6-24-15(17(26)27)3-5-20-24/h1-3,5,7-8,10H,4,6,9H2,(H,22,25)(H,26,27). The first-order chi connectivity index (χ1) is 12.9.